The summed E-state index contributed by atoms with van der Waals surface area (Å²) in [6.45, 7) is 3.28. The summed E-state index contributed by atoms with van der Waals surface area (Å²) in [7, 11) is 1.56. The molecule has 0 aliphatic heterocycles. The Morgan fingerprint density at radius 3 is 2.14 bits per heavy atom. The first-order chi connectivity index (χ1) is 6.31. The number of carbonyl (C=O) groups excluding carboxylic acids is 1. The van der Waals surface area contributed by atoms with Crippen molar-refractivity contribution in [3.63, 3.8) is 0 Å². The number of hydrogen-bond acceptors (Lipinski definition) is 3. The monoisotopic (exact) mass is 203 g/mol. The highest BCUT2D eigenvalue weighted by molar-refractivity contribution is 5.81. The Balaban J connectivity index is 4.19. The Labute approximate surface area is 83.3 Å². The number of hydrogen-bond donors (Lipinski definition) is 2. The van der Waals surface area contributed by atoms with Crippen LogP contribution in [-0.4, -0.2) is 46.2 Å². The van der Waals surface area contributed by atoms with Gasteiger partial charge in [0.25, 0.3) is 0 Å². The summed E-state index contributed by atoms with van der Waals surface area (Å²) in [5, 5.41) is 17.4. The molecule has 5 nitrogen and oxygen atoms in total. The third-order valence-electron chi connectivity index (χ3n) is 2.22. The molecule has 14 heavy (non-hydrogen) atoms. The lowest BCUT2D eigenvalue weighted by Crippen LogP contribution is -2.47. The van der Waals surface area contributed by atoms with Gasteiger partial charge in [0.2, 0.25) is 5.91 Å². The highest BCUT2D eigenvalue weighted by atomic mass is 16.4. The highest BCUT2D eigenvalue weighted by Gasteiger charge is 2.26. The van der Waals surface area contributed by atoms with Crippen LogP contribution in [0.2, 0.25) is 0 Å². The Kier molecular flexibility index (Phi) is 4.56. The Bertz CT molecular complexity index is 225. The van der Waals surface area contributed by atoms with Gasteiger partial charge < -0.3 is 15.1 Å². The van der Waals surface area contributed by atoms with Crippen molar-refractivity contribution < 1.29 is 19.8 Å². The molecule has 0 unspecified atom stereocenters. The molecule has 1 amide bonds. The molecule has 0 bridgehead atoms. The summed E-state index contributed by atoms with van der Waals surface area (Å²) >= 11 is 0. The zero-order chi connectivity index (χ0) is 11.4. The first kappa shape index (κ1) is 12.9. The molecule has 0 aromatic carbocycles. The number of carboxylic acid groups (broad SMARTS) is 1. The Hall–Kier alpha value is -1.10. The molecule has 0 aromatic rings. The minimum absolute atomic E-state index is 0.0325. The molecule has 0 aromatic heterocycles. The van der Waals surface area contributed by atoms with E-state index in [1.807, 2.05) is 0 Å². The van der Waals surface area contributed by atoms with Gasteiger partial charge in [0.1, 0.15) is 0 Å². The molecule has 0 radical (unpaired) electrons. The average molecular weight is 203 g/mol. The molecule has 2 N–H and O–H groups in total. The quantitative estimate of drug-likeness (QED) is 0.663. The van der Waals surface area contributed by atoms with Crippen molar-refractivity contribution in [1.29, 1.82) is 0 Å². The van der Waals surface area contributed by atoms with E-state index in [1.165, 1.54) is 4.90 Å². The predicted octanol–water partition coefficient (Wildman–Crippen LogP) is 0.0805. The van der Waals surface area contributed by atoms with Gasteiger partial charge in [-0.1, -0.05) is 0 Å². The van der Waals surface area contributed by atoms with Crippen LogP contribution in [0, 0.1) is 0 Å². The standard InChI is InChI=1S/C9H17NO4/c1-9(2,6-11)10(3)7(12)4-5-8(13)14/h11H,4-6H2,1-3H3,(H,13,14). The molecule has 0 saturated carbocycles. The molecule has 0 aliphatic rings. The summed E-state index contributed by atoms with van der Waals surface area (Å²) in [5.74, 6) is -1.26. The van der Waals surface area contributed by atoms with Crippen LogP contribution >= 0.6 is 0 Å². The Morgan fingerprint density at radius 2 is 1.79 bits per heavy atom. The predicted molar refractivity (Wildman–Crippen MR) is 50.8 cm³/mol. The number of rotatable bonds is 5. The van der Waals surface area contributed by atoms with Gasteiger partial charge >= 0.3 is 5.97 Å². The van der Waals surface area contributed by atoms with Crippen LogP contribution < -0.4 is 0 Å². The van der Waals surface area contributed by atoms with Crippen LogP contribution in [-0.2, 0) is 9.59 Å². The van der Waals surface area contributed by atoms with Gasteiger partial charge in [-0.2, -0.15) is 0 Å². The van der Waals surface area contributed by atoms with E-state index in [0.717, 1.165) is 0 Å². The molecule has 0 spiro atoms. The van der Waals surface area contributed by atoms with E-state index in [9.17, 15) is 9.59 Å². The van der Waals surface area contributed by atoms with E-state index < -0.39 is 11.5 Å². The number of aliphatic hydroxyl groups is 1. The van der Waals surface area contributed by atoms with Gasteiger partial charge in [-0.3, -0.25) is 9.59 Å². The van der Waals surface area contributed by atoms with E-state index in [2.05, 4.69) is 0 Å². The van der Waals surface area contributed by atoms with Gasteiger partial charge in [-0.05, 0) is 13.8 Å². The fourth-order valence-corrected chi connectivity index (χ4v) is 0.825. The summed E-state index contributed by atoms with van der Waals surface area (Å²) < 4.78 is 0. The summed E-state index contributed by atoms with van der Waals surface area (Å²) in [4.78, 5) is 23.0. The average Bonchev–Trinajstić information content (AvgIpc) is 2.12. The molecule has 0 fully saturated rings. The van der Waals surface area contributed by atoms with Crippen LogP contribution in [0.15, 0.2) is 0 Å². The van der Waals surface area contributed by atoms with E-state index in [1.54, 1.807) is 20.9 Å². The van der Waals surface area contributed by atoms with Gasteiger partial charge in [-0.25, -0.2) is 0 Å². The molecule has 0 saturated heterocycles. The zero-order valence-corrected chi connectivity index (χ0v) is 8.78. The Morgan fingerprint density at radius 1 is 1.29 bits per heavy atom. The second-order valence-corrected chi connectivity index (χ2v) is 3.82. The largest absolute Gasteiger partial charge is 0.481 e. The topological polar surface area (TPSA) is 77.8 Å². The fraction of sp³-hybridized carbons (Fsp3) is 0.778. The van der Waals surface area contributed by atoms with Crippen LogP contribution in [0.5, 0.6) is 0 Å². The maximum atomic E-state index is 11.4. The second kappa shape index (κ2) is 4.95. The fourth-order valence-electron chi connectivity index (χ4n) is 0.825. The number of aliphatic carboxylic acids is 1. The molecule has 0 aliphatic carbocycles. The number of carbonyl (C=O) groups is 2. The summed E-state index contributed by atoms with van der Waals surface area (Å²) in [5.41, 5.74) is -0.643. The van der Waals surface area contributed by atoms with Crippen LogP contribution in [0.3, 0.4) is 0 Å². The van der Waals surface area contributed by atoms with E-state index in [-0.39, 0.29) is 25.4 Å². The minimum Gasteiger partial charge on any atom is -0.481 e. The van der Waals surface area contributed by atoms with Crippen molar-refractivity contribution >= 4 is 11.9 Å². The van der Waals surface area contributed by atoms with Crippen molar-refractivity contribution in [3.8, 4) is 0 Å². The van der Waals surface area contributed by atoms with Crippen LogP contribution in [0.4, 0.5) is 0 Å². The van der Waals surface area contributed by atoms with Crippen molar-refractivity contribution in [1.82, 2.24) is 4.90 Å². The molecular formula is C9H17NO4. The summed E-state index contributed by atoms with van der Waals surface area (Å²) in [6, 6.07) is 0. The number of amides is 1. The SMILES string of the molecule is CN(C(=O)CCC(=O)O)C(C)(C)CO. The lowest BCUT2D eigenvalue weighted by molar-refractivity contribution is -0.142. The van der Waals surface area contributed by atoms with Crippen LogP contribution in [0.25, 0.3) is 0 Å². The molecule has 82 valence electrons. The van der Waals surface area contributed by atoms with Gasteiger partial charge in [0.05, 0.1) is 18.6 Å². The molecule has 0 rings (SSSR count). The van der Waals surface area contributed by atoms with Gasteiger partial charge in [0.15, 0.2) is 0 Å². The second-order valence-electron chi connectivity index (χ2n) is 3.82. The molecule has 5 heteroatoms. The van der Waals surface area contributed by atoms with Crippen molar-refractivity contribution in [2.75, 3.05) is 13.7 Å². The first-order valence-corrected chi connectivity index (χ1v) is 4.40. The van der Waals surface area contributed by atoms with Gasteiger partial charge in [-0.15, -0.1) is 0 Å². The number of carboxylic acids is 1. The van der Waals surface area contributed by atoms with E-state index >= 15 is 0 Å². The van der Waals surface area contributed by atoms with Crippen molar-refractivity contribution in [2.24, 2.45) is 0 Å². The third kappa shape index (κ3) is 3.74. The lowest BCUT2D eigenvalue weighted by atomic mass is 10.0. The number of aliphatic hydroxyl groups excluding tert-OH is 1. The van der Waals surface area contributed by atoms with E-state index in [4.69, 9.17) is 10.2 Å². The third-order valence-corrected chi connectivity index (χ3v) is 2.22. The van der Waals surface area contributed by atoms with Crippen LogP contribution in [0.1, 0.15) is 26.7 Å². The highest BCUT2D eigenvalue weighted by Crippen LogP contribution is 2.12. The molecule has 0 atom stereocenters. The maximum Gasteiger partial charge on any atom is 0.303 e. The smallest absolute Gasteiger partial charge is 0.303 e. The molecular weight excluding hydrogens is 186 g/mol. The van der Waals surface area contributed by atoms with Crippen molar-refractivity contribution in [3.05, 3.63) is 0 Å². The lowest BCUT2D eigenvalue weighted by Gasteiger charge is -2.33. The number of likely N-dealkylation sites (N-methyl/N-ethyl adjacent to an activating group) is 1. The zero-order valence-electron chi connectivity index (χ0n) is 8.78. The maximum absolute atomic E-state index is 11.4. The summed E-state index contributed by atoms with van der Waals surface area (Å²) in [6.07, 6.45) is -0.208. The normalized spacial score (nSPS) is 11.1. The minimum atomic E-state index is -0.992. The number of nitrogens with zero attached hydrogens (tertiary/aromatic N) is 1. The van der Waals surface area contributed by atoms with Crippen molar-refractivity contribution in [2.45, 2.75) is 32.2 Å². The van der Waals surface area contributed by atoms with Gasteiger partial charge in [0, 0.05) is 13.5 Å². The first-order valence-electron chi connectivity index (χ1n) is 4.40. The molecule has 0 heterocycles. The van der Waals surface area contributed by atoms with E-state index in [0.29, 0.717) is 0 Å².